The molecule has 12 nitrogen and oxygen atoms in total. The van der Waals surface area contributed by atoms with Crippen LogP contribution >= 0.6 is 0 Å². The van der Waals surface area contributed by atoms with Crippen molar-refractivity contribution >= 4 is 40.0 Å². The lowest BCUT2D eigenvalue weighted by Gasteiger charge is -2.32. The Hall–Kier alpha value is -3.83. The highest BCUT2D eigenvalue weighted by molar-refractivity contribution is 7.82. The first-order valence-corrected chi connectivity index (χ1v) is 16.6. The Bertz CT molecular complexity index is 1570. The van der Waals surface area contributed by atoms with Crippen LogP contribution in [0.1, 0.15) is 49.1 Å². The number of aryl methyl sites for hydroxylation is 1. The summed E-state index contributed by atoms with van der Waals surface area (Å²) in [4.78, 5) is 28.0. The summed E-state index contributed by atoms with van der Waals surface area (Å²) in [5.41, 5.74) is 8.62. The third kappa shape index (κ3) is 7.53. The van der Waals surface area contributed by atoms with Gasteiger partial charge < -0.3 is 20.6 Å². The van der Waals surface area contributed by atoms with E-state index in [0.717, 1.165) is 62.5 Å². The van der Waals surface area contributed by atoms with Gasteiger partial charge >= 0.3 is 6.03 Å². The van der Waals surface area contributed by atoms with E-state index in [4.69, 9.17) is 10.5 Å². The van der Waals surface area contributed by atoms with E-state index < -0.39 is 11.0 Å². The molecule has 1 atom stereocenters. The topological polar surface area (TPSA) is 150 Å². The second-order valence-electron chi connectivity index (χ2n) is 11.6. The molecule has 45 heavy (non-hydrogen) atoms. The number of piperidine rings is 2. The second kappa shape index (κ2) is 15.0. The van der Waals surface area contributed by atoms with E-state index in [1.54, 1.807) is 29.9 Å². The molecule has 0 bridgehead atoms. The van der Waals surface area contributed by atoms with Gasteiger partial charge in [0.15, 0.2) is 5.82 Å². The lowest BCUT2D eigenvalue weighted by atomic mass is 9.89. The summed E-state index contributed by atoms with van der Waals surface area (Å²) in [5, 5.41) is 17.7. The fraction of sp³-hybridized carbons (Fsp3) is 0.500. The van der Waals surface area contributed by atoms with Crippen molar-refractivity contribution in [1.29, 1.82) is 5.26 Å². The third-order valence-corrected chi connectivity index (χ3v) is 10.3. The number of carbonyl (C=O) groups is 2. The normalized spacial score (nSPS) is 17.6. The Morgan fingerprint density at radius 2 is 1.93 bits per heavy atom. The van der Waals surface area contributed by atoms with Crippen molar-refractivity contribution in [2.75, 3.05) is 57.8 Å². The average molecular weight is 635 g/mol. The fourth-order valence-corrected chi connectivity index (χ4v) is 7.35. The van der Waals surface area contributed by atoms with Gasteiger partial charge in [-0.25, -0.2) is 13.3 Å². The van der Waals surface area contributed by atoms with E-state index in [0.29, 0.717) is 47.6 Å². The first-order valence-electron chi connectivity index (χ1n) is 15.5. The number of ether oxygens (including phenoxy) is 1. The molecule has 2 saturated heterocycles. The van der Waals surface area contributed by atoms with Crippen LogP contribution in [0.4, 0.5) is 10.6 Å². The van der Waals surface area contributed by atoms with Crippen LogP contribution < -0.4 is 20.7 Å². The molecule has 0 spiro atoms. The molecule has 2 fully saturated rings. The van der Waals surface area contributed by atoms with E-state index >= 15 is 0 Å². The molecule has 3 aromatic rings. The summed E-state index contributed by atoms with van der Waals surface area (Å²) in [5.74, 6) is 1.41. The fourth-order valence-electron chi connectivity index (χ4n) is 6.12. The molecule has 3 N–H and O–H groups in total. The number of nitriles is 1. The quantitative estimate of drug-likeness (QED) is 0.306. The number of hydrogen-bond donors (Lipinski definition) is 2. The van der Waals surface area contributed by atoms with Gasteiger partial charge in [0, 0.05) is 58.1 Å². The standard InChI is InChI=1S/C32H42N8O4S/c1-35-32(42)40(12-3-18-41)31-28-7-5-24(20-29(28)37(2)36-31)23-8-13-38(14-9-23)17-19-44-30-21-27(6-4-25(30)22-33)45(43)39-15-10-26(34)11-16-39/h4-7,18,20-21,23,26H,3,8-17,19,34H2,1-2H3,(H,35,42). The van der Waals surface area contributed by atoms with E-state index in [-0.39, 0.29) is 25.0 Å². The van der Waals surface area contributed by atoms with Gasteiger partial charge in [0.05, 0.1) is 16.0 Å². The SMILES string of the molecule is CNC(=O)N(CCC=O)c1nn(C)c2cc(C3CCN(CCOc4cc(S(=O)N5CCC(N)CC5)ccc4C#N)CC3)ccc12. The molecule has 0 aliphatic carbocycles. The van der Waals surface area contributed by atoms with Gasteiger partial charge in [-0.05, 0) is 80.6 Å². The van der Waals surface area contributed by atoms with E-state index in [2.05, 4.69) is 33.5 Å². The van der Waals surface area contributed by atoms with Crippen molar-refractivity contribution in [1.82, 2.24) is 24.3 Å². The number of rotatable bonds is 11. The number of carbonyl (C=O) groups excluding carboxylic acids is 2. The highest BCUT2D eigenvalue weighted by Crippen LogP contribution is 2.33. The van der Waals surface area contributed by atoms with Gasteiger partial charge in [0.25, 0.3) is 0 Å². The number of urea groups is 1. The lowest BCUT2D eigenvalue weighted by molar-refractivity contribution is -0.107. The summed E-state index contributed by atoms with van der Waals surface area (Å²) in [6.45, 7) is 4.65. The summed E-state index contributed by atoms with van der Waals surface area (Å²) in [7, 11) is 2.12. The lowest BCUT2D eigenvalue weighted by Crippen LogP contribution is -2.40. The van der Waals surface area contributed by atoms with Crippen molar-refractivity contribution in [3.05, 3.63) is 47.5 Å². The zero-order valence-corrected chi connectivity index (χ0v) is 26.8. The first kappa shape index (κ1) is 32.6. The van der Waals surface area contributed by atoms with E-state index in [9.17, 15) is 19.1 Å². The molecule has 2 aromatic carbocycles. The van der Waals surface area contributed by atoms with Gasteiger partial charge in [-0.2, -0.15) is 10.4 Å². The molecule has 0 radical (unpaired) electrons. The van der Waals surface area contributed by atoms with Crippen LogP contribution in [-0.4, -0.2) is 94.5 Å². The summed E-state index contributed by atoms with van der Waals surface area (Å²) >= 11 is 0. The van der Waals surface area contributed by atoms with E-state index in [1.807, 2.05) is 17.4 Å². The molecule has 13 heteroatoms. The van der Waals surface area contributed by atoms with Gasteiger partial charge in [-0.1, -0.05) is 6.07 Å². The van der Waals surface area contributed by atoms with Crippen LogP contribution in [0.5, 0.6) is 5.75 Å². The van der Waals surface area contributed by atoms with Crippen molar-refractivity contribution < 1.29 is 18.5 Å². The molecule has 2 amide bonds. The Morgan fingerprint density at radius 1 is 1.18 bits per heavy atom. The van der Waals surface area contributed by atoms with Crippen LogP contribution in [0.15, 0.2) is 41.3 Å². The number of fused-ring (bicyclic) bond motifs is 1. The Labute approximate surface area is 266 Å². The monoisotopic (exact) mass is 634 g/mol. The largest absolute Gasteiger partial charge is 0.491 e. The van der Waals surface area contributed by atoms with Crippen molar-refractivity contribution in [3.8, 4) is 11.8 Å². The molecule has 0 saturated carbocycles. The predicted octanol–water partition coefficient (Wildman–Crippen LogP) is 2.88. The van der Waals surface area contributed by atoms with Gasteiger partial charge in [-0.3, -0.25) is 14.5 Å². The highest BCUT2D eigenvalue weighted by atomic mass is 32.2. The number of hydrogen-bond acceptors (Lipinski definition) is 8. The molecule has 5 rings (SSSR count). The Kier molecular flexibility index (Phi) is 10.8. The molecular formula is C32H42N8O4S. The number of aromatic nitrogens is 2. The maximum atomic E-state index is 13.1. The number of benzene rings is 2. The number of nitrogens with one attached hydrogen (secondary N) is 1. The number of amides is 2. The maximum Gasteiger partial charge on any atom is 0.322 e. The number of aldehydes is 1. The minimum Gasteiger partial charge on any atom is -0.491 e. The highest BCUT2D eigenvalue weighted by Gasteiger charge is 2.25. The number of likely N-dealkylation sites (tertiary alicyclic amines) is 1. The van der Waals surface area contributed by atoms with Crippen LogP contribution in [0, 0.1) is 11.3 Å². The van der Waals surface area contributed by atoms with Crippen LogP contribution in [0.2, 0.25) is 0 Å². The number of nitrogens with two attached hydrogens (primary N) is 1. The maximum absolute atomic E-state index is 13.1. The third-order valence-electron chi connectivity index (χ3n) is 8.77. The number of anilines is 1. The molecule has 1 unspecified atom stereocenters. The molecule has 2 aliphatic heterocycles. The molecule has 2 aliphatic rings. The smallest absolute Gasteiger partial charge is 0.322 e. The summed E-state index contributed by atoms with van der Waals surface area (Å²) in [6.07, 6.45) is 4.67. The van der Waals surface area contributed by atoms with E-state index in [1.165, 1.54) is 10.5 Å². The summed E-state index contributed by atoms with van der Waals surface area (Å²) < 4.78 is 22.9. The number of nitrogens with zero attached hydrogens (tertiary/aromatic N) is 6. The zero-order valence-electron chi connectivity index (χ0n) is 26.0. The van der Waals surface area contributed by atoms with Crippen molar-refractivity contribution in [2.45, 2.75) is 49.0 Å². The molecule has 240 valence electrons. The zero-order chi connectivity index (χ0) is 31.9. The average Bonchev–Trinajstić information content (AvgIpc) is 3.40. The van der Waals surface area contributed by atoms with Crippen LogP contribution in [0.3, 0.4) is 0 Å². The van der Waals surface area contributed by atoms with Gasteiger partial charge in [-0.15, -0.1) is 0 Å². The minimum atomic E-state index is -1.31. The van der Waals surface area contributed by atoms with Gasteiger partial charge in [0.1, 0.15) is 35.7 Å². The van der Waals surface area contributed by atoms with Gasteiger partial charge in [0.2, 0.25) is 0 Å². The molecule has 1 aromatic heterocycles. The Balaban J connectivity index is 1.17. The molecule has 3 heterocycles. The van der Waals surface area contributed by atoms with Crippen molar-refractivity contribution in [3.63, 3.8) is 0 Å². The second-order valence-corrected chi connectivity index (χ2v) is 13.1. The predicted molar refractivity (Wildman–Crippen MR) is 173 cm³/mol. The van der Waals surface area contributed by atoms with Crippen LogP contribution in [-0.2, 0) is 22.8 Å². The summed E-state index contributed by atoms with van der Waals surface area (Å²) in [6, 6.07) is 13.5. The Morgan fingerprint density at radius 3 is 2.62 bits per heavy atom. The minimum absolute atomic E-state index is 0.162. The molecular weight excluding hydrogens is 592 g/mol. The first-order chi connectivity index (χ1) is 21.8. The van der Waals surface area contributed by atoms with Crippen molar-refractivity contribution in [2.24, 2.45) is 12.8 Å². The van der Waals surface area contributed by atoms with Crippen LogP contribution in [0.25, 0.3) is 10.9 Å².